The number of aromatic nitrogens is 3. The first-order chi connectivity index (χ1) is 8.60. The molecule has 0 aliphatic rings. The first kappa shape index (κ1) is 13.2. The average molecular weight is 266 g/mol. The van der Waals surface area contributed by atoms with Crippen molar-refractivity contribution in [1.29, 1.82) is 0 Å². The summed E-state index contributed by atoms with van der Waals surface area (Å²) in [5, 5.41) is 10.2. The molecular weight excluding hydrogens is 248 g/mol. The van der Waals surface area contributed by atoms with Gasteiger partial charge in [0, 0.05) is 23.8 Å². The minimum atomic E-state index is 0.331. The first-order valence-electron chi connectivity index (χ1n) is 6.05. The summed E-state index contributed by atoms with van der Waals surface area (Å²) < 4.78 is 5.24. The van der Waals surface area contributed by atoms with Gasteiger partial charge >= 0.3 is 0 Å². The molecule has 0 saturated carbocycles. The van der Waals surface area contributed by atoms with Crippen molar-refractivity contribution >= 4 is 11.3 Å². The molecule has 0 aromatic carbocycles. The monoisotopic (exact) mass is 266 g/mol. The first-order valence-corrected chi connectivity index (χ1v) is 6.93. The Hall–Kier alpha value is -1.27. The predicted octanol–water partition coefficient (Wildman–Crippen LogP) is 2.47. The molecular formula is C12H18N4OS. The maximum absolute atomic E-state index is 5.24. The van der Waals surface area contributed by atoms with Crippen molar-refractivity contribution in [1.82, 2.24) is 20.4 Å². The average Bonchev–Trinajstić information content (AvgIpc) is 2.96. The molecule has 1 N–H and O–H groups in total. The van der Waals surface area contributed by atoms with E-state index >= 15 is 0 Å². The topological polar surface area (TPSA) is 63.8 Å². The van der Waals surface area contributed by atoms with Crippen LogP contribution in [0.15, 0.2) is 9.90 Å². The predicted molar refractivity (Wildman–Crippen MR) is 71.7 cm³/mol. The number of nitrogens with zero attached hydrogens (tertiary/aromatic N) is 3. The molecule has 2 aromatic heterocycles. The molecule has 18 heavy (non-hydrogen) atoms. The Morgan fingerprint density at radius 2 is 2.11 bits per heavy atom. The van der Waals surface area contributed by atoms with E-state index in [0.29, 0.717) is 23.7 Å². The second-order valence-corrected chi connectivity index (χ2v) is 5.52. The summed E-state index contributed by atoms with van der Waals surface area (Å²) in [4.78, 5) is 8.87. The van der Waals surface area contributed by atoms with Crippen LogP contribution in [0.25, 0.3) is 11.6 Å². The summed E-state index contributed by atoms with van der Waals surface area (Å²) in [6.45, 7) is 6.32. The normalized spacial score (nSPS) is 13.2. The van der Waals surface area contributed by atoms with Gasteiger partial charge in [0.05, 0.1) is 5.01 Å². The Bertz CT molecular complexity index is 506. The lowest BCUT2D eigenvalue weighted by Gasteiger charge is -2.04. The fourth-order valence-electron chi connectivity index (χ4n) is 1.47. The lowest BCUT2D eigenvalue weighted by molar-refractivity contribution is 0.417. The number of hydrogen-bond donors (Lipinski definition) is 1. The van der Waals surface area contributed by atoms with Crippen LogP contribution in [0.2, 0.25) is 0 Å². The summed E-state index contributed by atoms with van der Waals surface area (Å²) in [5.74, 6) is 1.65. The molecule has 0 radical (unpaired) electrons. The number of thiazole rings is 1. The van der Waals surface area contributed by atoms with Crippen molar-refractivity contribution in [2.45, 2.75) is 39.2 Å². The Kier molecular flexibility index (Phi) is 4.08. The Morgan fingerprint density at radius 3 is 2.72 bits per heavy atom. The molecule has 2 heterocycles. The molecule has 0 fully saturated rings. The zero-order valence-corrected chi connectivity index (χ0v) is 11.9. The summed E-state index contributed by atoms with van der Waals surface area (Å²) >= 11 is 1.63. The van der Waals surface area contributed by atoms with Gasteiger partial charge in [0.2, 0.25) is 0 Å². The minimum Gasteiger partial charge on any atom is -0.332 e. The molecule has 0 aliphatic heterocycles. The molecule has 0 aliphatic carbocycles. The smallest absolute Gasteiger partial charge is 0.277 e. The number of rotatable bonds is 5. The Labute approximate surface area is 111 Å². The lowest BCUT2D eigenvalue weighted by atomic mass is 10.2. The van der Waals surface area contributed by atoms with E-state index in [-0.39, 0.29) is 0 Å². The van der Waals surface area contributed by atoms with Crippen LogP contribution < -0.4 is 5.32 Å². The maximum Gasteiger partial charge on any atom is 0.277 e. The van der Waals surface area contributed by atoms with E-state index in [4.69, 9.17) is 4.52 Å². The van der Waals surface area contributed by atoms with E-state index in [1.165, 1.54) is 0 Å². The van der Waals surface area contributed by atoms with Crippen LogP contribution in [0.3, 0.4) is 0 Å². The van der Waals surface area contributed by atoms with Crippen LogP contribution in [0.1, 0.15) is 37.5 Å². The third-order valence-electron chi connectivity index (χ3n) is 2.68. The van der Waals surface area contributed by atoms with Gasteiger partial charge in [-0.25, -0.2) is 4.98 Å². The molecule has 0 saturated heterocycles. The molecule has 1 unspecified atom stereocenters. The third kappa shape index (κ3) is 2.94. The van der Waals surface area contributed by atoms with Gasteiger partial charge in [-0.1, -0.05) is 19.0 Å². The molecule has 0 amide bonds. The van der Waals surface area contributed by atoms with Crippen molar-refractivity contribution in [3.63, 3.8) is 0 Å². The van der Waals surface area contributed by atoms with Gasteiger partial charge in [0.1, 0.15) is 5.69 Å². The van der Waals surface area contributed by atoms with Crippen LogP contribution in [0, 0.1) is 0 Å². The highest BCUT2D eigenvalue weighted by molar-refractivity contribution is 7.10. The Balaban J connectivity index is 2.13. The van der Waals surface area contributed by atoms with Crippen LogP contribution in [-0.2, 0) is 6.42 Å². The van der Waals surface area contributed by atoms with E-state index in [1.54, 1.807) is 11.3 Å². The molecule has 0 bridgehead atoms. The van der Waals surface area contributed by atoms with E-state index in [2.05, 4.69) is 41.2 Å². The standard InChI is InChI=1S/C12H18N4OS/c1-7(2)12-14-9(6-18-12)11-15-10(16-17-11)5-8(3)13-4/h6-8,13H,5H2,1-4H3. The van der Waals surface area contributed by atoms with Crippen molar-refractivity contribution in [3.05, 3.63) is 16.2 Å². The third-order valence-corrected chi connectivity index (χ3v) is 3.83. The van der Waals surface area contributed by atoms with Crippen molar-refractivity contribution < 1.29 is 4.52 Å². The number of hydrogen-bond acceptors (Lipinski definition) is 6. The van der Waals surface area contributed by atoms with E-state index < -0.39 is 0 Å². The number of likely N-dealkylation sites (N-methyl/N-ethyl adjacent to an activating group) is 1. The van der Waals surface area contributed by atoms with Crippen LogP contribution in [0.4, 0.5) is 0 Å². The summed E-state index contributed by atoms with van der Waals surface area (Å²) in [6, 6.07) is 0.331. The molecule has 0 spiro atoms. The number of nitrogens with one attached hydrogen (secondary N) is 1. The van der Waals surface area contributed by atoms with E-state index in [0.717, 1.165) is 17.1 Å². The van der Waals surface area contributed by atoms with Crippen molar-refractivity contribution in [2.75, 3.05) is 7.05 Å². The van der Waals surface area contributed by atoms with E-state index in [1.807, 2.05) is 12.4 Å². The molecule has 6 heteroatoms. The second-order valence-electron chi connectivity index (χ2n) is 4.64. The molecule has 2 rings (SSSR count). The van der Waals surface area contributed by atoms with Gasteiger partial charge in [0.15, 0.2) is 5.82 Å². The fourth-order valence-corrected chi connectivity index (χ4v) is 2.28. The van der Waals surface area contributed by atoms with Gasteiger partial charge in [0.25, 0.3) is 5.89 Å². The molecule has 1 atom stereocenters. The summed E-state index contributed by atoms with van der Waals surface area (Å²) in [5.41, 5.74) is 0.777. The maximum atomic E-state index is 5.24. The highest BCUT2D eigenvalue weighted by atomic mass is 32.1. The zero-order valence-electron chi connectivity index (χ0n) is 11.1. The van der Waals surface area contributed by atoms with Crippen molar-refractivity contribution in [3.8, 4) is 11.6 Å². The second kappa shape index (κ2) is 5.58. The summed E-state index contributed by atoms with van der Waals surface area (Å²) in [7, 11) is 1.92. The van der Waals surface area contributed by atoms with Crippen molar-refractivity contribution in [2.24, 2.45) is 0 Å². The van der Waals surface area contributed by atoms with E-state index in [9.17, 15) is 0 Å². The van der Waals surface area contributed by atoms with Gasteiger partial charge in [-0.15, -0.1) is 11.3 Å². The summed E-state index contributed by atoms with van der Waals surface area (Å²) in [6.07, 6.45) is 0.751. The molecule has 5 nitrogen and oxygen atoms in total. The Morgan fingerprint density at radius 1 is 1.33 bits per heavy atom. The fraction of sp³-hybridized carbons (Fsp3) is 0.583. The SMILES string of the molecule is CNC(C)Cc1noc(-c2csc(C(C)C)n2)n1. The highest BCUT2D eigenvalue weighted by Crippen LogP contribution is 2.25. The van der Waals surface area contributed by atoms with Gasteiger partial charge in [-0.05, 0) is 14.0 Å². The van der Waals surface area contributed by atoms with Crippen LogP contribution in [0.5, 0.6) is 0 Å². The molecule has 98 valence electrons. The highest BCUT2D eigenvalue weighted by Gasteiger charge is 2.14. The largest absolute Gasteiger partial charge is 0.332 e. The van der Waals surface area contributed by atoms with Crippen LogP contribution >= 0.6 is 11.3 Å². The quantitative estimate of drug-likeness (QED) is 0.900. The van der Waals surface area contributed by atoms with Gasteiger partial charge in [-0.3, -0.25) is 0 Å². The van der Waals surface area contributed by atoms with Gasteiger partial charge < -0.3 is 9.84 Å². The van der Waals surface area contributed by atoms with Gasteiger partial charge in [-0.2, -0.15) is 4.98 Å². The van der Waals surface area contributed by atoms with Crippen LogP contribution in [-0.4, -0.2) is 28.2 Å². The molecule has 2 aromatic rings. The zero-order chi connectivity index (χ0) is 13.1. The lowest BCUT2D eigenvalue weighted by Crippen LogP contribution is -2.24. The minimum absolute atomic E-state index is 0.331.